The first-order valence-electron chi connectivity index (χ1n) is 6.78. The van der Waals surface area contributed by atoms with Crippen LogP contribution in [0.1, 0.15) is 27.2 Å². The molecule has 0 bridgehead atoms. The van der Waals surface area contributed by atoms with Gasteiger partial charge < -0.3 is 11.1 Å². The minimum absolute atomic E-state index is 0.0729. The van der Waals surface area contributed by atoms with Gasteiger partial charge in [0, 0.05) is 57.8 Å². The van der Waals surface area contributed by atoms with Gasteiger partial charge in [-0.25, -0.2) is 0 Å². The van der Waals surface area contributed by atoms with E-state index in [1.165, 1.54) is 0 Å². The third-order valence-electron chi connectivity index (χ3n) is 3.75. The molecule has 0 aromatic carbocycles. The third-order valence-corrected chi connectivity index (χ3v) is 3.75. The molecule has 1 aliphatic heterocycles. The molecule has 1 aliphatic rings. The zero-order valence-corrected chi connectivity index (χ0v) is 12.2. The van der Waals surface area contributed by atoms with Crippen LogP contribution in [0.25, 0.3) is 0 Å². The Labute approximate surface area is 111 Å². The van der Waals surface area contributed by atoms with E-state index in [-0.39, 0.29) is 17.5 Å². The molecule has 0 aromatic rings. The van der Waals surface area contributed by atoms with Crippen LogP contribution in [0.4, 0.5) is 0 Å². The Morgan fingerprint density at radius 1 is 1.28 bits per heavy atom. The van der Waals surface area contributed by atoms with Gasteiger partial charge in [0.1, 0.15) is 0 Å². The fourth-order valence-electron chi connectivity index (χ4n) is 2.44. The molecule has 5 nitrogen and oxygen atoms in total. The minimum atomic E-state index is 0.0729. The topological polar surface area (TPSA) is 61.6 Å². The van der Waals surface area contributed by atoms with Crippen molar-refractivity contribution in [3.05, 3.63) is 0 Å². The number of rotatable bonds is 4. The van der Waals surface area contributed by atoms with Gasteiger partial charge in [0.25, 0.3) is 0 Å². The lowest BCUT2D eigenvalue weighted by atomic mass is 10.0. The lowest BCUT2D eigenvalue weighted by molar-refractivity contribution is -0.122. The van der Waals surface area contributed by atoms with Crippen molar-refractivity contribution in [1.29, 1.82) is 0 Å². The average molecular weight is 256 g/mol. The van der Waals surface area contributed by atoms with E-state index in [1.54, 1.807) is 7.05 Å². The van der Waals surface area contributed by atoms with E-state index in [2.05, 4.69) is 35.9 Å². The number of nitrogens with two attached hydrogens (primary N) is 1. The highest BCUT2D eigenvalue weighted by molar-refractivity contribution is 5.76. The Morgan fingerprint density at radius 3 is 2.22 bits per heavy atom. The summed E-state index contributed by atoms with van der Waals surface area (Å²) in [6, 6.07) is 0.173. The van der Waals surface area contributed by atoms with Crippen LogP contribution < -0.4 is 11.1 Å². The van der Waals surface area contributed by atoms with Crippen molar-refractivity contribution in [2.24, 2.45) is 5.73 Å². The first kappa shape index (κ1) is 15.4. The summed E-state index contributed by atoms with van der Waals surface area (Å²) >= 11 is 0. The molecule has 1 saturated heterocycles. The van der Waals surface area contributed by atoms with Crippen molar-refractivity contribution in [3.8, 4) is 0 Å². The van der Waals surface area contributed by atoms with Crippen molar-refractivity contribution in [1.82, 2.24) is 15.1 Å². The lowest BCUT2D eigenvalue weighted by Crippen LogP contribution is -2.57. The molecule has 1 rings (SSSR count). The molecule has 1 fully saturated rings. The summed E-state index contributed by atoms with van der Waals surface area (Å²) in [5.74, 6) is 0.0729. The van der Waals surface area contributed by atoms with Crippen LogP contribution in [0.2, 0.25) is 0 Å². The smallest absolute Gasteiger partial charge is 0.221 e. The minimum Gasteiger partial charge on any atom is -0.359 e. The van der Waals surface area contributed by atoms with Gasteiger partial charge in [-0.15, -0.1) is 0 Å². The zero-order chi connectivity index (χ0) is 13.8. The SMILES string of the molecule is CNC(=O)CC(CN)N1CCN(C(C)(C)C)CC1. The quantitative estimate of drug-likeness (QED) is 0.735. The van der Waals surface area contributed by atoms with Crippen molar-refractivity contribution in [2.75, 3.05) is 39.8 Å². The van der Waals surface area contributed by atoms with E-state index in [1.807, 2.05) is 0 Å². The van der Waals surface area contributed by atoms with Crippen LogP contribution in [-0.4, -0.2) is 67.1 Å². The predicted octanol–water partition coefficient (Wildman–Crippen LogP) is -0.134. The monoisotopic (exact) mass is 256 g/mol. The molecule has 1 unspecified atom stereocenters. The summed E-state index contributed by atoms with van der Waals surface area (Å²) in [5, 5.41) is 2.67. The second-order valence-electron chi connectivity index (χ2n) is 5.96. The first-order chi connectivity index (χ1) is 8.38. The predicted molar refractivity (Wildman–Crippen MR) is 74.4 cm³/mol. The van der Waals surface area contributed by atoms with Gasteiger partial charge in [0.2, 0.25) is 5.91 Å². The molecule has 0 aliphatic carbocycles. The fourth-order valence-corrected chi connectivity index (χ4v) is 2.44. The maximum Gasteiger partial charge on any atom is 0.221 e. The normalized spacial score (nSPS) is 20.7. The molecule has 1 atom stereocenters. The third kappa shape index (κ3) is 4.23. The highest BCUT2D eigenvalue weighted by Gasteiger charge is 2.29. The molecule has 18 heavy (non-hydrogen) atoms. The molecule has 0 aromatic heterocycles. The maximum absolute atomic E-state index is 11.4. The van der Waals surface area contributed by atoms with Gasteiger partial charge in [-0.1, -0.05) is 0 Å². The van der Waals surface area contributed by atoms with Crippen molar-refractivity contribution < 1.29 is 4.79 Å². The molecule has 3 N–H and O–H groups in total. The molecule has 0 radical (unpaired) electrons. The summed E-state index contributed by atoms with van der Waals surface area (Å²) in [6.07, 6.45) is 0.502. The van der Waals surface area contributed by atoms with Crippen LogP contribution in [0.5, 0.6) is 0 Å². The number of hydrogen-bond donors (Lipinski definition) is 2. The molecular weight excluding hydrogens is 228 g/mol. The highest BCUT2D eigenvalue weighted by Crippen LogP contribution is 2.17. The van der Waals surface area contributed by atoms with Crippen molar-refractivity contribution >= 4 is 5.91 Å². The second-order valence-corrected chi connectivity index (χ2v) is 5.96. The molecule has 1 heterocycles. The van der Waals surface area contributed by atoms with Gasteiger partial charge in [-0.2, -0.15) is 0 Å². The van der Waals surface area contributed by atoms with Crippen LogP contribution >= 0.6 is 0 Å². The lowest BCUT2D eigenvalue weighted by Gasteiger charge is -2.44. The van der Waals surface area contributed by atoms with Crippen LogP contribution in [0.15, 0.2) is 0 Å². The summed E-state index contributed by atoms with van der Waals surface area (Å²) in [4.78, 5) is 16.3. The standard InChI is InChI=1S/C13H28N4O/c1-13(2,3)17-7-5-16(6-8-17)11(10-14)9-12(18)15-4/h11H,5-10,14H2,1-4H3,(H,15,18). The average Bonchev–Trinajstić information content (AvgIpc) is 2.34. The number of nitrogens with one attached hydrogen (secondary N) is 1. The van der Waals surface area contributed by atoms with Gasteiger partial charge in [-0.05, 0) is 20.8 Å². The second kappa shape index (κ2) is 6.50. The zero-order valence-electron chi connectivity index (χ0n) is 12.2. The fraction of sp³-hybridized carbons (Fsp3) is 0.923. The van der Waals surface area contributed by atoms with E-state index in [9.17, 15) is 4.79 Å². The van der Waals surface area contributed by atoms with E-state index < -0.39 is 0 Å². The van der Waals surface area contributed by atoms with Gasteiger partial charge in [0.05, 0.1) is 0 Å². The van der Waals surface area contributed by atoms with E-state index in [4.69, 9.17) is 5.73 Å². The Morgan fingerprint density at radius 2 is 1.83 bits per heavy atom. The number of nitrogens with zero attached hydrogens (tertiary/aromatic N) is 2. The highest BCUT2D eigenvalue weighted by atomic mass is 16.1. The number of carbonyl (C=O) groups is 1. The van der Waals surface area contributed by atoms with Gasteiger partial charge >= 0.3 is 0 Å². The summed E-state index contributed by atoms with van der Waals surface area (Å²) in [5.41, 5.74) is 6.02. The number of amides is 1. The van der Waals surface area contributed by atoms with E-state index >= 15 is 0 Å². The number of carbonyl (C=O) groups excluding carboxylic acids is 1. The molecule has 5 heteroatoms. The maximum atomic E-state index is 11.4. The summed E-state index contributed by atoms with van der Waals surface area (Å²) < 4.78 is 0. The van der Waals surface area contributed by atoms with Crippen LogP contribution in [-0.2, 0) is 4.79 Å². The Balaban J connectivity index is 2.47. The van der Waals surface area contributed by atoms with Crippen molar-refractivity contribution in [2.45, 2.75) is 38.8 Å². The Kier molecular flexibility index (Phi) is 5.56. The largest absolute Gasteiger partial charge is 0.359 e. The van der Waals surface area contributed by atoms with Crippen LogP contribution in [0.3, 0.4) is 0 Å². The van der Waals surface area contributed by atoms with Crippen molar-refractivity contribution in [3.63, 3.8) is 0 Å². The molecule has 0 saturated carbocycles. The van der Waals surface area contributed by atoms with Gasteiger partial charge in [-0.3, -0.25) is 14.6 Å². The first-order valence-corrected chi connectivity index (χ1v) is 6.78. The molecule has 106 valence electrons. The summed E-state index contributed by atoms with van der Waals surface area (Å²) in [7, 11) is 1.67. The Hall–Kier alpha value is -0.650. The molecule has 1 amide bonds. The Bertz CT molecular complexity index is 267. The van der Waals surface area contributed by atoms with E-state index in [0.29, 0.717) is 13.0 Å². The molecular formula is C13H28N4O. The number of piperazine rings is 1. The number of hydrogen-bond acceptors (Lipinski definition) is 4. The van der Waals surface area contributed by atoms with Gasteiger partial charge in [0.15, 0.2) is 0 Å². The molecule has 0 spiro atoms. The van der Waals surface area contributed by atoms with Crippen LogP contribution in [0, 0.1) is 0 Å². The summed E-state index contributed by atoms with van der Waals surface area (Å²) in [6.45, 7) is 11.4. The van der Waals surface area contributed by atoms with E-state index in [0.717, 1.165) is 26.2 Å².